The van der Waals surface area contributed by atoms with E-state index in [1.165, 1.54) is 12.0 Å². The first kappa shape index (κ1) is 18.2. The predicted molar refractivity (Wildman–Crippen MR) is 97.5 cm³/mol. The van der Waals surface area contributed by atoms with Gasteiger partial charge >= 0.3 is 0 Å². The van der Waals surface area contributed by atoms with Crippen molar-refractivity contribution in [2.45, 2.75) is 43.9 Å². The molecule has 2 fully saturated rings. The lowest BCUT2D eigenvalue weighted by Crippen LogP contribution is -2.46. The number of hydrogen-bond acceptors (Lipinski definition) is 4. The molecular formula is C20H30N2O3. The Labute approximate surface area is 150 Å². The van der Waals surface area contributed by atoms with Gasteiger partial charge in [-0.3, -0.25) is 4.79 Å². The number of nitrogens with one attached hydrogen (secondary N) is 1. The van der Waals surface area contributed by atoms with Gasteiger partial charge in [-0.25, -0.2) is 0 Å². The molecule has 1 aromatic carbocycles. The van der Waals surface area contributed by atoms with Gasteiger partial charge in [-0.1, -0.05) is 24.6 Å². The Balaban J connectivity index is 1.54. The third-order valence-corrected chi connectivity index (χ3v) is 5.92. The summed E-state index contributed by atoms with van der Waals surface area (Å²) in [6, 6.07) is 8.22. The van der Waals surface area contributed by atoms with E-state index in [0.717, 1.165) is 44.5 Å². The number of hydroxylamine groups is 2. The van der Waals surface area contributed by atoms with Gasteiger partial charge in [-0.05, 0) is 37.7 Å². The third kappa shape index (κ3) is 4.15. The maximum Gasteiger partial charge on any atom is 0.220 e. The minimum absolute atomic E-state index is 0.0433. The molecule has 0 unspecified atom stereocenters. The van der Waals surface area contributed by atoms with Crippen molar-refractivity contribution in [3.63, 3.8) is 0 Å². The molecule has 1 aliphatic heterocycles. The van der Waals surface area contributed by atoms with Crippen molar-refractivity contribution in [2.24, 2.45) is 5.92 Å². The summed E-state index contributed by atoms with van der Waals surface area (Å²) in [5, 5.41) is 5.18. The smallest absolute Gasteiger partial charge is 0.220 e. The minimum atomic E-state index is 0.0433. The molecule has 1 heterocycles. The van der Waals surface area contributed by atoms with E-state index in [1.807, 2.05) is 17.2 Å². The van der Waals surface area contributed by atoms with Crippen molar-refractivity contribution >= 4 is 5.91 Å². The molecule has 5 heteroatoms. The van der Waals surface area contributed by atoms with Gasteiger partial charge in [0.2, 0.25) is 5.91 Å². The normalized spacial score (nSPS) is 20.7. The molecule has 1 saturated heterocycles. The topological polar surface area (TPSA) is 50.8 Å². The fourth-order valence-corrected chi connectivity index (χ4v) is 4.13. The second-order valence-electron chi connectivity index (χ2n) is 7.37. The average molecular weight is 346 g/mol. The monoisotopic (exact) mass is 346 g/mol. The number of ether oxygens (including phenoxy) is 1. The molecule has 0 atom stereocenters. The molecule has 138 valence electrons. The molecule has 1 saturated carbocycles. The molecule has 0 aromatic heterocycles. The number of benzene rings is 1. The van der Waals surface area contributed by atoms with Crippen molar-refractivity contribution in [3.8, 4) is 5.75 Å². The minimum Gasteiger partial charge on any atom is -0.496 e. The van der Waals surface area contributed by atoms with E-state index in [1.54, 1.807) is 14.2 Å². The molecule has 1 aromatic rings. The van der Waals surface area contributed by atoms with Crippen molar-refractivity contribution in [1.29, 1.82) is 0 Å². The Kier molecular flexibility index (Phi) is 5.97. The van der Waals surface area contributed by atoms with Crippen LogP contribution in [0.3, 0.4) is 0 Å². The van der Waals surface area contributed by atoms with Crippen LogP contribution in [0.2, 0.25) is 0 Å². The summed E-state index contributed by atoms with van der Waals surface area (Å²) >= 11 is 0. The highest BCUT2D eigenvalue weighted by Crippen LogP contribution is 2.46. The van der Waals surface area contributed by atoms with Crippen LogP contribution in [0.25, 0.3) is 0 Å². The lowest BCUT2D eigenvalue weighted by atomic mass is 9.64. The standard InChI is InChI=1S/C20H30N2O3/c1-24-18-7-4-3-6-17(18)20(10-5-11-20)15-21-19(23)14-16-8-12-22(25-2)13-9-16/h3-4,6-7,16H,5,8-15H2,1-2H3,(H,21,23). The molecule has 1 aliphatic carbocycles. The fraction of sp³-hybridized carbons (Fsp3) is 0.650. The Hall–Kier alpha value is -1.59. The summed E-state index contributed by atoms with van der Waals surface area (Å²) in [6.07, 6.45) is 6.11. The summed E-state index contributed by atoms with van der Waals surface area (Å²) < 4.78 is 5.55. The average Bonchev–Trinajstić information content (AvgIpc) is 2.62. The molecule has 5 nitrogen and oxygen atoms in total. The Bertz CT molecular complexity index is 578. The highest BCUT2D eigenvalue weighted by molar-refractivity contribution is 5.76. The number of nitrogens with zero attached hydrogens (tertiary/aromatic N) is 1. The molecule has 25 heavy (non-hydrogen) atoms. The molecule has 3 rings (SSSR count). The molecule has 1 N–H and O–H groups in total. The first-order chi connectivity index (χ1) is 12.2. The molecule has 1 amide bonds. The summed E-state index contributed by atoms with van der Waals surface area (Å²) in [6.45, 7) is 2.54. The number of methoxy groups -OCH3 is 1. The van der Waals surface area contributed by atoms with Crippen molar-refractivity contribution < 1.29 is 14.4 Å². The molecule has 0 bridgehead atoms. The number of para-hydroxylation sites is 1. The number of carbonyl (C=O) groups excluding carboxylic acids is 1. The van der Waals surface area contributed by atoms with Crippen LogP contribution < -0.4 is 10.1 Å². The first-order valence-electron chi connectivity index (χ1n) is 9.36. The fourth-order valence-electron chi connectivity index (χ4n) is 4.13. The lowest BCUT2D eigenvalue weighted by molar-refractivity contribution is -0.149. The maximum absolute atomic E-state index is 12.4. The van der Waals surface area contributed by atoms with Crippen LogP contribution in [0.1, 0.15) is 44.1 Å². The third-order valence-electron chi connectivity index (χ3n) is 5.92. The highest BCUT2D eigenvalue weighted by Gasteiger charge is 2.40. The van der Waals surface area contributed by atoms with Gasteiger partial charge in [-0.2, -0.15) is 5.06 Å². The quantitative estimate of drug-likeness (QED) is 0.825. The summed E-state index contributed by atoms with van der Waals surface area (Å²) in [5.41, 5.74) is 1.28. The van der Waals surface area contributed by atoms with E-state index in [-0.39, 0.29) is 11.3 Å². The Morgan fingerprint density at radius 2 is 1.96 bits per heavy atom. The number of amides is 1. The van der Waals surface area contributed by atoms with Gasteiger partial charge < -0.3 is 14.9 Å². The molecule has 0 radical (unpaired) electrons. The van der Waals surface area contributed by atoms with Crippen LogP contribution in [0.4, 0.5) is 0 Å². The van der Waals surface area contributed by atoms with Gasteiger partial charge in [0.1, 0.15) is 5.75 Å². The SMILES string of the molecule is COc1ccccc1C1(CNC(=O)CC2CCN(OC)CC2)CCC1. The van der Waals surface area contributed by atoms with Crippen LogP contribution in [-0.2, 0) is 15.0 Å². The maximum atomic E-state index is 12.4. The van der Waals surface area contributed by atoms with Crippen molar-refractivity contribution in [2.75, 3.05) is 33.9 Å². The number of hydrogen-bond donors (Lipinski definition) is 1. The molecular weight excluding hydrogens is 316 g/mol. The predicted octanol–water partition coefficient (Wildman–Crippen LogP) is 2.90. The van der Waals surface area contributed by atoms with Crippen molar-refractivity contribution in [3.05, 3.63) is 29.8 Å². The largest absolute Gasteiger partial charge is 0.496 e. The summed E-state index contributed by atoms with van der Waals surface area (Å²) in [5.74, 6) is 1.58. The van der Waals surface area contributed by atoms with E-state index >= 15 is 0 Å². The zero-order valence-corrected chi connectivity index (χ0v) is 15.4. The van der Waals surface area contributed by atoms with Crippen LogP contribution >= 0.6 is 0 Å². The van der Waals surface area contributed by atoms with E-state index in [9.17, 15) is 4.79 Å². The van der Waals surface area contributed by atoms with Gasteiger partial charge in [0.25, 0.3) is 0 Å². The zero-order chi connectivity index (χ0) is 17.7. The Morgan fingerprint density at radius 3 is 2.56 bits per heavy atom. The van der Waals surface area contributed by atoms with Gasteiger partial charge in [0.05, 0.1) is 14.2 Å². The van der Waals surface area contributed by atoms with Gasteiger partial charge in [0.15, 0.2) is 0 Å². The second-order valence-corrected chi connectivity index (χ2v) is 7.37. The number of piperidine rings is 1. The molecule has 2 aliphatic rings. The van der Waals surface area contributed by atoms with Crippen LogP contribution in [0.5, 0.6) is 5.75 Å². The van der Waals surface area contributed by atoms with Gasteiger partial charge in [0, 0.05) is 37.0 Å². The van der Waals surface area contributed by atoms with E-state index in [2.05, 4.69) is 17.4 Å². The first-order valence-corrected chi connectivity index (χ1v) is 9.36. The number of carbonyl (C=O) groups is 1. The summed E-state index contributed by atoms with van der Waals surface area (Å²) in [7, 11) is 3.43. The Morgan fingerprint density at radius 1 is 1.24 bits per heavy atom. The van der Waals surface area contributed by atoms with E-state index < -0.39 is 0 Å². The molecule has 0 spiro atoms. The van der Waals surface area contributed by atoms with E-state index in [4.69, 9.17) is 9.57 Å². The van der Waals surface area contributed by atoms with Crippen LogP contribution in [0.15, 0.2) is 24.3 Å². The highest BCUT2D eigenvalue weighted by atomic mass is 16.7. The summed E-state index contributed by atoms with van der Waals surface area (Å²) in [4.78, 5) is 17.7. The van der Waals surface area contributed by atoms with Crippen LogP contribution in [0, 0.1) is 5.92 Å². The number of rotatable bonds is 7. The van der Waals surface area contributed by atoms with Crippen LogP contribution in [-0.4, -0.2) is 44.8 Å². The second kappa shape index (κ2) is 8.19. The van der Waals surface area contributed by atoms with Gasteiger partial charge in [-0.15, -0.1) is 0 Å². The van der Waals surface area contributed by atoms with Crippen molar-refractivity contribution in [1.82, 2.24) is 10.4 Å². The lowest BCUT2D eigenvalue weighted by Gasteiger charge is -2.43. The van der Waals surface area contributed by atoms with E-state index in [0.29, 0.717) is 18.9 Å². The zero-order valence-electron chi connectivity index (χ0n) is 15.4.